The molecule has 2 aromatic heterocycles. The quantitative estimate of drug-likeness (QED) is 0.281. The zero-order valence-corrected chi connectivity index (χ0v) is 15.4. The summed E-state index contributed by atoms with van der Waals surface area (Å²) in [6.07, 6.45) is 0. The molecule has 0 N–H and O–H groups in total. The van der Waals surface area contributed by atoms with Crippen molar-refractivity contribution in [3.8, 4) is 21.8 Å². The van der Waals surface area contributed by atoms with E-state index in [4.69, 9.17) is 4.42 Å². The third-order valence-electron chi connectivity index (χ3n) is 4.32. The van der Waals surface area contributed by atoms with Gasteiger partial charge in [0, 0.05) is 28.5 Å². The van der Waals surface area contributed by atoms with Crippen LogP contribution in [0.4, 0.5) is 5.69 Å². The zero-order chi connectivity index (χ0) is 19.1. The first-order chi connectivity index (χ1) is 12.9. The molecule has 0 saturated carbocycles. The van der Waals surface area contributed by atoms with Gasteiger partial charge in [-0.15, -0.1) is 11.3 Å². The molecule has 0 fully saturated rings. The molecule has 0 atom stereocenters. The van der Waals surface area contributed by atoms with E-state index >= 15 is 0 Å². The Kier molecular flexibility index (Phi) is 4.08. The van der Waals surface area contributed by atoms with Gasteiger partial charge in [0.05, 0.1) is 16.2 Å². The second-order valence-electron chi connectivity index (χ2n) is 6.28. The minimum atomic E-state index is -0.516. The maximum atomic E-state index is 12.4. The number of aryl methyl sites for hydroxylation is 2. The van der Waals surface area contributed by atoms with Crippen molar-refractivity contribution < 1.29 is 9.34 Å². The van der Waals surface area contributed by atoms with E-state index in [1.54, 1.807) is 6.07 Å². The van der Waals surface area contributed by atoms with Crippen LogP contribution in [0.1, 0.15) is 11.1 Å². The van der Waals surface area contributed by atoms with Gasteiger partial charge in [-0.25, -0.2) is 9.78 Å². The summed E-state index contributed by atoms with van der Waals surface area (Å²) in [6.45, 7) is 4.05. The summed E-state index contributed by atoms with van der Waals surface area (Å²) in [5.41, 5.74) is 4.09. The molecule has 0 aliphatic carbocycles. The summed E-state index contributed by atoms with van der Waals surface area (Å²) in [6, 6.07) is 11.8. The molecule has 4 aromatic rings. The van der Waals surface area contributed by atoms with Gasteiger partial charge >= 0.3 is 5.63 Å². The minimum absolute atomic E-state index is 0.0580. The van der Waals surface area contributed by atoms with E-state index in [0.29, 0.717) is 21.5 Å². The third kappa shape index (κ3) is 3.13. The van der Waals surface area contributed by atoms with Gasteiger partial charge in [0.1, 0.15) is 10.6 Å². The predicted molar refractivity (Wildman–Crippen MR) is 105 cm³/mol. The van der Waals surface area contributed by atoms with Crippen LogP contribution in [-0.2, 0) is 0 Å². The van der Waals surface area contributed by atoms with Crippen molar-refractivity contribution in [1.82, 2.24) is 4.98 Å². The molecule has 134 valence electrons. The van der Waals surface area contributed by atoms with Gasteiger partial charge in [-0.2, -0.15) is 0 Å². The van der Waals surface area contributed by atoms with E-state index in [1.165, 1.54) is 35.1 Å². The largest absolute Gasteiger partial charge is 0.422 e. The van der Waals surface area contributed by atoms with Gasteiger partial charge in [-0.05, 0) is 31.5 Å². The highest BCUT2D eigenvalue weighted by Gasteiger charge is 2.15. The number of hydrogen-bond acceptors (Lipinski definition) is 6. The van der Waals surface area contributed by atoms with E-state index < -0.39 is 10.5 Å². The molecule has 0 saturated heterocycles. The molecule has 2 heterocycles. The fraction of sp³-hybridized carbons (Fsp3) is 0.100. The third-order valence-corrected chi connectivity index (χ3v) is 5.19. The number of aromatic nitrogens is 1. The Hall–Kier alpha value is -3.32. The first-order valence-corrected chi connectivity index (χ1v) is 9.06. The van der Waals surface area contributed by atoms with Crippen LogP contribution in [0, 0.1) is 24.0 Å². The number of nitrogens with zero attached hydrogens (tertiary/aromatic N) is 2. The number of rotatable bonds is 3. The molecule has 7 heteroatoms. The highest BCUT2D eigenvalue weighted by Crippen LogP contribution is 2.31. The van der Waals surface area contributed by atoms with E-state index in [0.717, 1.165) is 16.8 Å². The van der Waals surface area contributed by atoms with Crippen LogP contribution < -0.4 is 5.63 Å². The Bertz CT molecular complexity index is 1260. The van der Waals surface area contributed by atoms with Crippen molar-refractivity contribution in [2.75, 3.05) is 0 Å². The maximum Gasteiger partial charge on any atom is 0.346 e. The number of thiazole rings is 1. The van der Waals surface area contributed by atoms with Gasteiger partial charge in [0.15, 0.2) is 0 Å². The van der Waals surface area contributed by atoms with Crippen LogP contribution in [0.3, 0.4) is 0 Å². The van der Waals surface area contributed by atoms with Gasteiger partial charge in [-0.3, -0.25) is 10.1 Å². The lowest BCUT2D eigenvalue weighted by molar-refractivity contribution is -0.384. The van der Waals surface area contributed by atoms with Crippen molar-refractivity contribution in [1.29, 1.82) is 0 Å². The molecule has 0 bridgehead atoms. The maximum absolute atomic E-state index is 12.4. The van der Waals surface area contributed by atoms with Crippen LogP contribution in [-0.4, -0.2) is 9.91 Å². The molecule has 0 unspecified atom stereocenters. The highest BCUT2D eigenvalue weighted by atomic mass is 32.1. The van der Waals surface area contributed by atoms with Gasteiger partial charge in [0.25, 0.3) is 5.69 Å². The van der Waals surface area contributed by atoms with Crippen molar-refractivity contribution in [3.63, 3.8) is 0 Å². The summed E-state index contributed by atoms with van der Waals surface area (Å²) < 4.78 is 5.32. The number of nitro benzene ring substituents is 1. The molecule has 0 radical (unpaired) electrons. The van der Waals surface area contributed by atoms with Gasteiger partial charge in [-0.1, -0.05) is 23.8 Å². The molecule has 4 rings (SSSR count). The number of hydrogen-bond donors (Lipinski definition) is 0. The topological polar surface area (TPSA) is 86.2 Å². The van der Waals surface area contributed by atoms with E-state index in [2.05, 4.69) is 11.1 Å². The molecule has 0 aliphatic heterocycles. The summed E-state index contributed by atoms with van der Waals surface area (Å²) in [7, 11) is 0. The number of fused-ring (bicyclic) bond motifs is 1. The first-order valence-electron chi connectivity index (χ1n) is 8.18. The van der Waals surface area contributed by atoms with E-state index in [1.807, 2.05) is 31.4 Å². The summed E-state index contributed by atoms with van der Waals surface area (Å²) in [5, 5.41) is 13.9. The van der Waals surface area contributed by atoms with Crippen LogP contribution >= 0.6 is 11.3 Å². The minimum Gasteiger partial charge on any atom is -0.422 e. The number of non-ortho nitro benzene ring substituents is 1. The van der Waals surface area contributed by atoms with Gasteiger partial charge in [0.2, 0.25) is 0 Å². The normalized spacial score (nSPS) is 11.0. The Morgan fingerprint density at radius 3 is 2.63 bits per heavy atom. The Morgan fingerprint density at radius 2 is 1.89 bits per heavy atom. The standard InChI is InChI=1S/C20H14N2O4S/c1-11-3-5-15(12(2)7-11)17-10-27-19(21-17)16-9-13-8-14(22(24)25)4-6-18(13)26-20(16)23/h3-10H,1-2H3. The first kappa shape index (κ1) is 17.1. The monoisotopic (exact) mass is 378 g/mol. The zero-order valence-electron chi connectivity index (χ0n) is 14.6. The Labute approximate surface area is 157 Å². The summed E-state index contributed by atoms with van der Waals surface area (Å²) in [4.78, 5) is 27.5. The van der Waals surface area contributed by atoms with Crippen LogP contribution in [0.25, 0.3) is 32.8 Å². The van der Waals surface area contributed by atoms with Crippen LogP contribution in [0.5, 0.6) is 0 Å². The fourth-order valence-electron chi connectivity index (χ4n) is 3.00. The van der Waals surface area contributed by atoms with E-state index in [-0.39, 0.29) is 5.69 Å². The summed E-state index contributed by atoms with van der Waals surface area (Å²) >= 11 is 1.34. The van der Waals surface area contributed by atoms with E-state index in [9.17, 15) is 14.9 Å². The number of benzene rings is 2. The fourth-order valence-corrected chi connectivity index (χ4v) is 3.82. The molecule has 27 heavy (non-hydrogen) atoms. The SMILES string of the molecule is Cc1ccc(-c2csc(-c3cc4cc([N+](=O)[O-])ccc4oc3=O)n2)c(C)c1. The molecule has 6 nitrogen and oxygen atoms in total. The molecule has 0 amide bonds. The van der Waals surface area contributed by atoms with Gasteiger partial charge < -0.3 is 4.42 Å². The van der Waals surface area contributed by atoms with Crippen molar-refractivity contribution >= 4 is 28.0 Å². The van der Waals surface area contributed by atoms with Crippen molar-refractivity contribution in [2.45, 2.75) is 13.8 Å². The van der Waals surface area contributed by atoms with Crippen molar-refractivity contribution in [2.24, 2.45) is 0 Å². The molecule has 2 aromatic carbocycles. The predicted octanol–water partition coefficient (Wildman–Crippen LogP) is 5.11. The lowest BCUT2D eigenvalue weighted by atomic mass is 10.0. The Morgan fingerprint density at radius 1 is 1.07 bits per heavy atom. The second-order valence-corrected chi connectivity index (χ2v) is 7.14. The lowest BCUT2D eigenvalue weighted by Crippen LogP contribution is -2.02. The lowest BCUT2D eigenvalue weighted by Gasteiger charge is -2.03. The second kappa shape index (κ2) is 6.44. The molecule has 0 aliphatic rings. The molecular formula is C20H14N2O4S. The Balaban J connectivity index is 1.82. The van der Waals surface area contributed by atoms with Crippen LogP contribution in [0.15, 0.2) is 57.1 Å². The molecule has 0 spiro atoms. The number of nitro groups is 1. The van der Waals surface area contributed by atoms with Crippen LogP contribution in [0.2, 0.25) is 0 Å². The average molecular weight is 378 g/mol. The average Bonchev–Trinajstić information content (AvgIpc) is 3.10. The van der Waals surface area contributed by atoms with Crippen molar-refractivity contribution in [3.05, 3.63) is 79.5 Å². The summed E-state index contributed by atoms with van der Waals surface area (Å²) in [5.74, 6) is 0. The highest BCUT2D eigenvalue weighted by molar-refractivity contribution is 7.13. The smallest absolute Gasteiger partial charge is 0.346 e. The molecular weight excluding hydrogens is 364 g/mol.